The standard InChI is InChI=1S/C14H29NO2/c1-4-14(12(2)3)15-8-6-9-16-11-13-7-5-10-17-13/h12-15H,4-11H2,1-3H3. The second kappa shape index (κ2) is 8.90. The first-order valence-corrected chi connectivity index (χ1v) is 7.16. The van der Waals surface area contributed by atoms with Crippen LogP contribution in [-0.2, 0) is 9.47 Å². The molecule has 2 unspecified atom stereocenters. The summed E-state index contributed by atoms with van der Waals surface area (Å²) in [6, 6.07) is 0.646. The summed E-state index contributed by atoms with van der Waals surface area (Å²) in [6.45, 7) is 10.4. The van der Waals surface area contributed by atoms with E-state index in [1.165, 1.54) is 19.3 Å². The fourth-order valence-electron chi connectivity index (χ4n) is 2.30. The molecule has 1 aliphatic heterocycles. The van der Waals surface area contributed by atoms with Gasteiger partial charge in [-0.05, 0) is 38.1 Å². The van der Waals surface area contributed by atoms with E-state index in [1.54, 1.807) is 0 Å². The second-order valence-electron chi connectivity index (χ2n) is 5.28. The highest BCUT2D eigenvalue weighted by atomic mass is 16.5. The third-order valence-corrected chi connectivity index (χ3v) is 3.44. The van der Waals surface area contributed by atoms with Gasteiger partial charge in [0.15, 0.2) is 0 Å². The van der Waals surface area contributed by atoms with Crippen molar-refractivity contribution in [3.8, 4) is 0 Å². The molecule has 0 aromatic rings. The van der Waals surface area contributed by atoms with Crippen LogP contribution in [0, 0.1) is 5.92 Å². The van der Waals surface area contributed by atoms with Crippen molar-refractivity contribution >= 4 is 0 Å². The van der Waals surface area contributed by atoms with Crippen LogP contribution in [-0.4, -0.2) is 38.5 Å². The normalized spacial score (nSPS) is 22.2. The summed E-state index contributed by atoms with van der Waals surface area (Å²) >= 11 is 0. The van der Waals surface area contributed by atoms with Crippen molar-refractivity contribution in [3.05, 3.63) is 0 Å². The summed E-state index contributed by atoms with van der Waals surface area (Å²) in [7, 11) is 0. The van der Waals surface area contributed by atoms with Gasteiger partial charge in [-0.3, -0.25) is 0 Å². The van der Waals surface area contributed by atoms with E-state index >= 15 is 0 Å². The molecule has 0 spiro atoms. The predicted octanol–water partition coefficient (Wildman–Crippen LogP) is 2.60. The van der Waals surface area contributed by atoms with Crippen LogP contribution in [0.25, 0.3) is 0 Å². The lowest BCUT2D eigenvalue weighted by Crippen LogP contribution is -2.34. The molecule has 0 aromatic carbocycles. The molecule has 0 radical (unpaired) electrons. The number of hydrogen-bond acceptors (Lipinski definition) is 3. The van der Waals surface area contributed by atoms with Crippen LogP contribution in [0.4, 0.5) is 0 Å². The quantitative estimate of drug-likeness (QED) is 0.631. The maximum absolute atomic E-state index is 5.63. The monoisotopic (exact) mass is 243 g/mol. The molecule has 3 heteroatoms. The first kappa shape index (κ1) is 14.9. The van der Waals surface area contributed by atoms with E-state index in [0.717, 1.165) is 32.8 Å². The SMILES string of the molecule is CCC(NCCCOCC1CCCO1)C(C)C. The molecule has 2 atom stereocenters. The largest absolute Gasteiger partial charge is 0.379 e. The zero-order valence-corrected chi connectivity index (χ0v) is 11.7. The van der Waals surface area contributed by atoms with Gasteiger partial charge in [0.25, 0.3) is 0 Å². The van der Waals surface area contributed by atoms with Gasteiger partial charge in [0, 0.05) is 19.3 Å². The van der Waals surface area contributed by atoms with Crippen LogP contribution >= 0.6 is 0 Å². The van der Waals surface area contributed by atoms with E-state index in [9.17, 15) is 0 Å². The lowest BCUT2D eigenvalue weighted by Gasteiger charge is -2.20. The van der Waals surface area contributed by atoms with Gasteiger partial charge >= 0.3 is 0 Å². The maximum atomic E-state index is 5.63. The fourth-order valence-corrected chi connectivity index (χ4v) is 2.30. The molecule has 1 fully saturated rings. The lowest BCUT2D eigenvalue weighted by molar-refractivity contribution is 0.0164. The van der Waals surface area contributed by atoms with E-state index in [1.807, 2.05) is 0 Å². The van der Waals surface area contributed by atoms with E-state index < -0.39 is 0 Å². The molecule has 1 saturated heterocycles. The molecule has 3 nitrogen and oxygen atoms in total. The molecule has 0 saturated carbocycles. The van der Waals surface area contributed by atoms with Crippen molar-refractivity contribution in [2.45, 2.75) is 58.6 Å². The van der Waals surface area contributed by atoms with Crippen molar-refractivity contribution in [3.63, 3.8) is 0 Å². The minimum absolute atomic E-state index is 0.363. The molecule has 0 amide bonds. The van der Waals surface area contributed by atoms with Crippen molar-refractivity contribution in [2.24, 2.45) is 5.92 Å². The van der Waals surface area contributed by atoms with Crippen molar-refractivity contribution in [2.75, 3.05) is 26.4 Å². The number of ether oxygens (including phenoxy) is 2. The minimum atomic E-state index is 0.363. The summed E-state index contributed by atoms with van der Waals surface area (Å²) in [4.78, 5) is 0. The van der Waals surface area contributed by atoms with E-state index in [-0.39, 0.29) is 0 Å². The molecule has 17 heavy (non-hydrogen) atoms. The zero-order chi connectivity index (χ0) is 12.5. The van der Waals surface area contributed by atoms with Gasteiger partial charge in [-0.2, -0.15) is 0 Å². The van der Waals surface area contributed by atoms with E-state index in [2.05, 4.69) is 26.1 Å². The molecule has 102 valence electrons. The summed E-state index contributed by atoms with van der Waals surface area (Å²) in [6.07, 6.45) is 5.03. The molecule has 1 aliphatic rings. The topological polar surface area (TPSA) is 30.5 Å². The fraction of sp³-hybridized carbons (Fsp3) is 1.00. The minimum Gasteiger partial charge on any atom is -0.379 e. The van der Waals surface area contributed by atoms with Crippen LogP contribution in [0.1, 0.15) is 46.5 Å². The molecule has 0 aromatic heterocycles. The average molecular weight is 243 g/mol. The lowest BCUT2D eigenvalue weighted by atomic mass is 10.0. The Morgan fingerprint density at radius 2 is 2.24 bits per heavy atom. The average Bonchev–Trinajstić information content (AvgIpc) is 2.80. The van der Waals surface area contributed by atoms with Crippen LogP contribution < -0.4 is 5.32 Å². The smallest absolute Gasteiger partial charge is 0.0809 e. The van der Waals surface area contributed by atoms with Gasteiger partial charge in [-0.15, -0.1) is 0 Å². The van der Waals surface area contributed by atoms with Crippen molar-refractivity contribution in [1.82, 2.24) is 5.32 Å². The molecule has 1 heterocycles. The van der Waals surface area contributed by atoms with Gasteiger partial charge in [0.1, 0.15) is 0 Å². The van der Waals surface area contributed by atoms with Crippen LogP contribution in [0.15, 0.2) is 0 Å². The van der Waals surface area contributed by atoms with E-state index in [0.29, 0.717) is 18.1 Å². The Bertz CT molecular complexity index is 179. The van der Waals surface area contributed by atoms with Gasteiger partial charge in [-0.25, -0.2) is 0 Å². The van der Waals surface area contributed by atoms with Crippen LogP contribution in [0.3, 0.4) is 0 Å². The number of rotatable bonds is 9. The Hall–Kier alpha value is -0.120. The Balaban J connectivity index is 1.89. The predicted molar refractivity (Wildman–Crippen MR) is 71.3 cm³/mol. The van der Waals surface area contributed by atoms with Crippen LogP contribution in [0.2, 0.25) is 0 Å². The molecule has 0 aliphatic carbocycles. The summed E-state index contributed by atoms with van der Waals surface area (Å²) in [5.41, 5.74) is 0. The van der Waals surface area contributed by atoms with Crippen molar-refractivity contribution in [1.29, 1.82) is 0 Å². The summed E-state index contributed by atoms with van der Waals surface area (Å²) < 4.78 is 11.1. The third kappa shape index (κ3) is 6.39. The molecule has 1 rings (SSSR count). The van der Waals surface area contributed by atoms with Gasteiger partial charge in [0.2, 0.25) is 0 Å². The van der Waals surface area contributed by atoms with E-state index in [4.69, 9.17) is 9.47 Å². The van der Waals surface area contributed by atoms with Crippen molar-refractivity contribution < 1.29 is 9.47 Å². The van der Waals surface area contributed by atoms with Gasteiger partial charge in [0.05, 0.1) is 12.7 Å². The molecular formula is C14H29NO2. The van der Waals surface area contributed by atoms with Gasteiger partial charge in [-0.1, -0.05) is 20.8 Å². The van der Waals surface area contributed by atoms with Crippen LogP contribution in [0.5, 0.6) is 0 Å². The highest BCUT2D eigenvalue weighted by molar-refractivity contribution is 4.68. The highest BCUT2D eigenvalue weighted by Gasteiger charge is 2.15. The maximum Gasteiger partial charge on any atom is 0.0809 e. The number of hydrogen-bond donors (Lipinski definition) is 1. The second-order valence-corrected chi connectivity index (χ2v) is 5.28. The Labute approximate surface area is 106 Å². The highest BCUT2D eigenvalue weighted by Crippen LogP contribution is 2.11. The summed E-state index contributed by atoms with van der Waals surface area (Å²) in [5, 5.41) is 3.59. The molecule has 1 N–H and O–H groups in total. The third-order valence-electron chi connectivity index (χ3n) is 3.44. The Morgan fingerprint density at radius 1 is 1.41 bits per heavy atom. The Morgan fingerprint density at radius 3 is 2.82 bits per heavy atom. The zero-order valence-electron chi connectivity index (χ0n) is 11.7. The number of nitrogens with one attached hydrogen (secondary N) is 1. The Kier molecular flexibility index (Phi) is 7.82. The molecule has 0 bridgehead atoms. The first-order chi connectivity index (χ1) is 8.24. The summed E-state index contributed by atoms with van der Waals surface area (Å²) in [5.74, 6) is 0.716. The first-order valence-electron chi connectivity index (χ1n) is 7.16. The van der Waals surface area contributed by atoms with Gasteiger partial charge < -0.3 is 14.8 Å². The molecular weight excluding hydrogens is 214 g/mol.